The van der Waals surface area contributed by atoms with Crippen LogP contribution in [0.1, 0.15) is 34.6 Å². The van der Waals surface area contributed by atoms with E-state index < -0.39 is 0 Å². The highest BCUT2D eigenvalue weighted by molar-refractivity contribution is 5.89. The molecule has 0 N–H and O–H groups in total. The highest BCUT2D eigenvalue weighted by atomic mass is 16.5. The van der Waals surface area contributed by atoms with Gasteiger partial charge in [0.1, 0.15) is 11.5 Å². The van der Waals surface area contributed by atoms with Gasteiger partial charge in [0.15, 0.2) is 0 Å². The van der Waals surface area contributed by atoms with E-state index in [0.29, 0.717) is 18.8 Å². The van der Waals surface area contributed by atoms with E-state index in [2.05, 4.69) is 26.0 Å². The molecule has 2 aromatic carbocycles. The first-order valence-corrected chi connectivity index (χ1v) is 7.46. The number of hydrogen-bond donors (Lipinski definition) is 0. The second-order valence-electron chi connectivity index (χ2n) is 5.74. The molecule has 0 bridgehead atoms. The van der Waals surface area contributed by atoms with Crippen molar-refractivity contribution in [3.63, 3.8) is 0 Å². The van der Waals surface area contributed by atoms with Gasteiger partial charge in [-0.05, 0) is 43.0 Å². The van der Waals surface area contributed by atoms with Crippen LogP contribution in [0.4, 0.5) is 0 Å². The Labute approximate surface area is 125 Å². The summed E-state index contributed by atoms with van der Waals surface area (Å²) in [4.78, 5) is 12.8. The molecule has 1 heterocycles. The van der Waals surface area contributed by atoms with E-state index in [0.717, 1.165) is 17.7 Å². The zero-order valence-electron chi connectivity index (χ0n) is 12.6. The van der Waals surface area contributed by atoms with Gasteiger partial charge in [0.05, 0.1) is 6.61 Å². The lowest BCUT2D eigenvalue weighted by molar-refractivity contribution is -0.120. The fraction of sp³-hybridized carbons (Fsp3) is 0.316. The number of Topliss-reactive ketones (excluding diaryl/α,β-unsaturated/α-hetero) is 1. The first kappa shape index (κ1) is 13.9. The standard InChI is InChI=1S/C19H20O2/c1-13-6-5-7-14(2)17(13)12-18(20)15-10-11-21-19-9-4-3-8-16(15)19/h3-9,15H,10-12H2,1-2H3. The summed E-state index contributed by atoms with van der Waals surface area (Å²) in [7, 11) is 0. The van der Waals surface area contributed by atoms with Crippen LogP contribution >= 0.6 is 0 Å². The summed E-state index contributed by atoms with van der Waals surface area (Å²) < 4.78 is 5.65. The minimum absolute atomic E-state index is 0.0334. The maximum atomic E-state index is 12.8. The monoisotopic (exact) mass is 280 g/mol. The minimum Gasteiger partial charge on any atom is -0.493 e. The van der Waals surface area contributed by atoms with Crippen LogP contribution < -0.4 is 4.74 Å². The molecule has 0 fully saturated rings. The zero-order valence-corrected chi connectivity index (χ0v) is 12.6. The lowest BCUT2D eigenvalue weighted by Gasteiger charge is -2.25. The number of aryl methyl sites for hydroxylation is 2. The van der Waals surface area contributed by atoms with Crippen molar-refractivity contribution in [3.8, 4) is 5.75 Å². The molecule has 0 radical (unpaired) electrons. The number of carbonyl (C=O) groups excluding carboxylic acids is 1. The van der Waals surface area contributed by atoms with Crippen molar-refractivity contribution in [1.29, 1.82) is 0 Å². The first-order valence-electron chi connectivity index (χ1n) is 7.46. The summed E-state index contributed by atoms with van der Waals surface area (Å²) in [6.07, 6.45) is 1.29. The van der Waals surface area contributed by atoms with Gasteiger partial charge in [0.25, 0.3) is 0 Å². The Kier molecular flexibility index (Phi) is 3.78. The first-order chi connectivity index (χ1) is 10.2. The molecule has 2 nitrogen and oxygen atoms in total. The quantitative estimate of drug-likeness (QED) is 0.850. The van der Waals surface area contributed by atoms with Crippen molar-refractivity contribution in [3.05, 3.63) is 64.7 Å². The van der Waals surface area contributed by atoms with Crippen molar-refractivity contribution in [2.24, 2.45) is 0 Å². The zero-order chi connectivity index (χ0) is 14.8. The number of benzene rings is 2. The van der Waals surface area contributed by atoms with Crippen LogP contribution in [-0.2, 0) is 11.2 Å². The van der Waals surface area contributed by atoms with Crippen LogP contribution in [0.2, 0.25) is 0 Å². The molecule has 0 saturated carbocycles. The summed E-state index contributed by atoms with van der Waals surface area (Å²) in [6, 6.07) is 14.1. The molecule has 0 aromatic heterocycles. The number of hydrogen-bond acceptors (Lipinski definition) is 2. The Morgan fingerprint density at radius 1 is 1.10 bits per heavy atom. The molecule has 21 heavy (non-hydrogen) atoms. The van der Waals surface area contributed by atoms with Crippen molar-refractivity contribution in [2.75, 3.05) is 6.61 Å². The molecular formula is C19H20O2. The molecule has 0 saturated heterocycles. The molecule has 2 aromatic rings. The largest absolute Gasteiger partial charge is 0.493 e. The Balaban J connectivity index is 1.87. The average molecular weight is 280 g/mol. The Bertz CT molecular complexity index is 653. The summed E-state index contributed by atoms with van der Waals surface area (Å²) in [5.41, 5.74) is 4.61. The highest BCUT2D eigenvalue weighted by Crippen LogP contribution is 2.34. The van der Waals surface area contributed by atoms with Crippen molar-refractivity contribution < 1.29 is 9.53 Å². The summed E-state index contributed by atoms with van der Waals surface area (Å²) in [6.45, 7) is 4.78. The van der Waals surface area contributed by atoms with Crippen LogP contribution in [0.5, 0.6) is 5.75 Å². The van der Waals surface area contributed by atoms with Gasteiger partial charge >= 0.3 is 0 Å². The predicted octanol–water partition coefficient (Wildman–Crippen LogP) is 3.98. The molecule has 1 unspecified atom stereocenters. The molecule has 3 rings (SSSR count). The molecule has 1 aliphatic rings. The van der Waals surface area contributed by atoms with E-state index in [9.17, 15) is 4.79 Å². The summed E-state index contributed by atoms with van der Waals surface area (Å²) >= 11 is 0. The topological polar surface area (TPSA) is 26.3 Å². The van der Waals surface area contributed by atoms with E-state index >= 15 is 0 Å². The van der Waals surface area contributed by atoms with Crippen LogP contribution in [-0.4, -0.2) is 12.4 Å². The molecule has 2 heteroatoms. The van der Waals surface area contributed by atoms with Gasteiger partial charge in [-0.3, -0.25) is 4.79 Å². The third-order valence-electron chi connectivity index (χ3n) is 4.34. The average Bonchev–Trinajstić information content (AvgIpc) is 2.50. The van der Waals surface area contributed by atoms with Crippen LogP contribution in [0, 0.1) is 13.8 Å². The third kappa shape index (κ3) is 2.71. The second kappa shape index (κ2) is 5.72. The Morgan fingerprint density at radius 3 is 2.57 bits per heavy atom. The summed E-state index contributed by atoms with van der Waals surface area (Å²) in [5.74, 6) is 1.13. The van der Waals surface area contributed by atoms with Gasteiger partial charge < -0.3 is 4.74 Å². The van der Waals surface area contributed by atoms with Crippen LogP contribution in [0.3, 0.4) is 0 Å². The third-order valence-corrected chi connectivity index (χ3v) is 4.34. The van der Waals surface area contributed by atoms with Gasteiger partial charge in [0.2, 0.25) is 0 Å². The number of ketones is 1. The van der Waals surface area contributed by atoms with E-state index in [-0.39, 0.29) is 5.92 Å². The highest BCUT2D eigenvalue weighted by Gasteiger charge is 2.27. The number of fused-ring (bicyclic) bond motifs is 1. The SMILES string of the molecule is Cc1cccc(C)c1CC(=O)C1CCOc2ccccc21. The molecule has 0 aliphatic carbocycles. The van der Waals surface area contributed by atoms with E-state index in [4.69, 9.17) is 4.74 Å². The molecule has 0 spiro atoms. The van der Waals surface area contributed by atoms with Gasteiger partial charge in [-0.2, -0.15) is 0 Å². The molecule has 1 atom stereocenters. The lowest BCUT2D eigenvalue weighted by Crippen LogP contribution is -2.23. The second-order valence-corrected chi connectivity index (χ2v) is 5.74. The van der Waals surface area contributed by atoms with Crippen molar-refractivity contribution >= 4 is 5.78 Å². The maximum absolute atomic E-state index is 12.8. The number of carbonyl (C=O) groups is 1. The molecule has 108 valence electrons. The fourth-order valence-electron chi connectivity index (χ4n) is 3.10. The minimum atomic E-state index is -0.0334. The smallest absolute Gasteiger partial charge is 0.144 e. The van der Waals surface area contributed by atoms with E-state index in [1.54, 1.807) is 0 Å². The molecule has 1 aliphatic heterocycles. The van der Waals surface area contributed by atoms with Crippen LogP contribution in [0.15, 0.2) is 42.5 Å². The lowest BCUT2D eigenvalue weighted by atomic mass is 9.85. The van der Waals surface area contributed by atoms with Crippen molar-refractivity contribution in [2.45, 2.75) is 32.6 Å². The number of rotatable bonds is 3. The molecule has 0 amide bonds. The fourth-order valence-corrected chi connectivity index (χ4v) is 3.10. The maximum Gasteiger partial charge on any atom is 0.144 e. The van der Waals surface area contributed by atoms with Gasteiger partial charge in [-0.1, -0.05) is 36.4 Å². The number of para-hydroxylation sites is 1. The van der Waals surface area contributed by atoms with E-state index in [1.807, 2.05) is 30.3 Å². The predicted molar refractivity (Wildman–Crippen MR) is 83.9 cm³/mol. The Hall–Kier alpha value is -2.09. The Morgan fingerprint density at radius 2 is 1.81 bits per heavy atom. The van der Waals surface area contributed by atoms with E-state index in [1.165, 1.54) is 16.7 Å². The van der Waals surface area contributed by atoms with Gasteiger partial charge in [-0.25, -0.2) is 0 Å². The normalized spacial score (nSPS) is 17.0. The van der Waals surface area contributed by atoms with Crippen LogP contribution in [0.25, 0.3) is 0 Å². The van der Waals surface area contributed by atoms with Gasteiger partial charge in [0, 0.05) is 17.9 Å². The van der Waals surface area contributed by atoms with Crippen molar-refractivity contribution in [1.82, 2.24) is 0 Å². The molecular weight excluding hydrogens is 260 g/mol. The number of ether oxygens (including phenoxy) is 1. The summed E-state index contributed by atoms with van der Waals surface area (Å²) in [5, 5.41) is 0. The van der Waals surface area contributed by atoms with Gasteiger partial charge in [-0.15, -0.1) is 0 Å².